The van der Waals surface area contributed by atoms with Crippen LogP contribution in [0.2, 0.25) is 0 Å². The number of aryl methyl sites for hydroxylation is 1. The molecule has 5 aromatic rings. The summed E-state index contributed by atoms with van der Waals surface area (Å²) >= 11 is 0. The van der Waals surface area contributed by atoms with Crippen molar-refractivity contribution in [2.75, 3.05) is 7.11 Å². The molecule has 0 unspecified atom stereocenters. The molecule has 1 aliphatic carbocycles. The van der Waals surface area contributed by atoms with Crippen molar-refractivity contribution in [3.63, 3.8) is 0 Å². The van der Waals surface area contributed by atoms with Gasteiger partial charge in [0.25, 0.3) is 0 Å². The van der Waals surface area contributed by atoms with Gasteiger partial charge in [-0.3, -0.25) is 0 Å². The number of methoxy groups -OCH3 is 1. The van der Waals surface area contributed by atoms with E-state index >= 15 is 0 Å². The molecule has 40 heavy (non-hydrogen) atoms. The smallest absolute Gasteiger partial charge is 0.178 e. The number of rotatable bonds is 5. The molecule has 0 saturated carbocycles. The molecule has 0 atom stereocenters. The highest BCUT2D eigenvalue weighted by Crippen LogP contribution is 2.60. The monoisotopic (exact) mass is 522 g/mol. The molecule has 0 fully saturated rings. The van der Waals surface area contributed by atoms with Crippen molar-refractivity contribution in [1.29, 1.82) is 0 Å². The zero-order valence-electron chi connectivity index (χ0n) is 23.6. The largest absolute Gasteiger partial charge is 0.497 e. The molecule has 2 aliphatic rings. The molecular weight excluding hydrogens is 488 g/mol. The fourth-order valence-corrected chi connectivity index (χ4v) is 7.27. The van der Waals surface area contributed by atoms with E-state index in [4.69, 9.17) is 9.47 Å². The Morgan fingerprint density at radius 1 is 0.750 bits per heavy atom. The summed E-state index contributed by atoms with van der Waals surface area (Å²) in [5, 5.41) is 2.30. The molecule has 2 heteroatoms. The minimum absolute atomic E-state index is 0.0813. The first-order valence-corrected chi connectivity index (χ1v) is 14.4. The van der Waals surface area contributed by atoms with Crippen LogP contribution in [0.5, 0.6) is 11.5 Å². The molecule has 198 valence electrons. The lowest BCUT2D eigenvalue weighted by molar-refractivity contribution is 0.163. The predicted octanol–water partition coefficient (Wildman–Crippen LogP) is 9.59. The molecule has 1 aliphatic heterocycles. The summed E-state index contributed by atoms with van der Waals surface area (Å²) < 4.78 is 13.1. The van der Waals surface area contributed by atoms with Gasteiger partial charge in [0, 0.05) is 27.5 Å². The minimum atomic E-state index is -0.747. The van der Waals surface area contributed by atoms with Gasteiger partial charge in [-0.2, -0.15) is 0 Å². The standard InChI is InChI=1S/C38H34O2/c1-5-37(6-2)33-23-25(3)17-19-30(33)34-29-20-18-28(39-4)24-32(29)36-31(35(34)37)21-22-38(40-36,26-13-9-7-10-14-26)27-15-11-8-12-16-27/h7-24H,5-6H2,1-4H3. The Morgan fingerprint density at radius 3 is 2.05 bits per heavy atom. The molecule has 1 heterocycles. The summed E-state index contributed by atoms with van der Waals surface area (Å²) in [6.07, 6.45) is 6.67. The quantitative estimate of drug-likeness (QED) is 0.229. The number of benzene rings is 5. The summed E-state index contributed by atoms with van der Waals surface area (Å²) in [6, 6.07) is 34.6. The van der Waals surface area contributed by atoms with E-state index in [9.17, 15) is 0 Å². The van der Waals surface area contributed by atoms with Crippen LogP contribution in [-0.2, 0) is 11.0 Å². The van der Waals surface area contributed by atoms with Crippen molar-refractivity contribution in [2.24, 2.45) is 0 Å². The minimum Gasteiger partial charge on any atom is -0.497 e. The first-order valence-electron chi connectivity index (χ1n) is 14.4. The van der Waals surface area contributed by atoms with Crippen LogP contribution in [0.3, 0.4) is 0 Å². The van der Waals surface area contributed by atoms with E-state index in [1.807, 2.05) is 0 Å². The van der Waals surface area contributed by atoms with Crippen LogP contribution < -0.4 is 9.47 Å². The van der Waals surface area contributed by atoms with E-state index < -0.39 is 5.60 Å². The Morgan fingerprint density at radius 2 is 1.43 bits per heavy atom. The van der Waals surface area contributed by atoms with Crippen molar-refractivity contribution < 1.29 is 9.47 Å². The summed E-state index contributed by atoms with van der Waals surface area (Å²) in [7, 11) is 1.73. The molecule has 0 saturated heterocycles. The van der Waals surface area contributed by atoms with Crippen LogP contribution in [0.25, 0.3) is 28.0 Å². The molecule has 0 bridgehead atoms. The maximum atomic E-state index is 7.39. The third kappa shape index (κ3) is 3.29. The Labute approximate surface area is 236 Å². The Balaban J connectivity index is 1.61. The van der Waals surface area contributed by atoms with Gasteiger partial charge in [0.05, 0.1) is 7.11 Å². The van der Waals surface area contributed by atoms with Crippen molar-refractivity contribution in [3.05, 3.63) is 137 Å². The van der Waals surface area contributed by atoms with Gasteiger partial charge >= 0.3 is 0 Å². The molecule has 7 rings (SSSR count). The van der Waals surface area contributed by atoms with Gasteiger partial charge in [-0.05, 0) is 71.7 Å². The van der Waals surface area contributed by atoms with Gasteiger partial charge in [0.2, 0.25) is 0 Å². The van der Waals surface area contributed by atoms with Crippen molar-refractivity contribution >= 4 is 16.8 Å². The highest BCUT2D eigenvalue weighted by Gasteiger charge is 2.46. The maximum absolute atomic E-state index is 7.39. The molecule has 0 amide bonds. The normalized spacial score (nSPS) is 15.7. The van der Waals surface area contributed by atoms with E-state index in [0.29, 0.717) is 0 Å². The molecule has 0 spiro atoms. The van der Waals surface area contributed by atoms with Gasteiger partial charge in [-0.25, -0.2) is 0 Å². The molecule has 0 N–H and O–H groups in total. The van der Waals surface area contributed by atoms with Gasteiger partial charge in [0.15, 0.2) is 5.60 Å². The van der Waals surface area contributed by atoms with Crippen LogP contribution in [0.4, 0.5) is 0 Å². The Kier molecular flexibility index (Phi) is 5.64. The van der Waals surface area contributed by atoms with Crippen LogP contribution in [0.15, 0.2) is 103 Å². The average Bonchev–Trinajstić information content (AvgIpc) is 3.31. The molecule has 2 nitrogen and oxygen atoms in total. The lowest BCUT2D eigenvalue weighted by Crippen LogP contribution is -2.35. The fraction of sp³-hybridized carbons (Fsp3) is 0.211. The number of hydrogen-bond donors (Lipinski definition) is 0. The topological polar surface area (TPSA) is 18.5 Å². The van der Waals surface area contributed by atoms with E-state index in [-0.39, 0.29) is 5.41 Å². The first-order chi connectivity index (χ1) is 19.6. The number of fused-ring (bicyclic) bond motifs is 8. The lowest BCUT2D eigenvalue weighted by Gasteiger charge is -2.39. The third-order valence-electron chi connectivity index (χ3n) is 9.30. The van der Waals surface area contributed by atoms with E-state index in [1.54, 1.807) is 7.11 Å². The summed E-state index contributed by atoms with van der Waals surface area (Å²) in [5.74, 6) is 1.76. The Bertz CT molecular complexity index is 1740. The third-order valence-corrected chi connectivity index (χ3v) is 9.30. The number of hydrogen-bond acceptors (Lipinski definition) is 2. The highest BCUT2D eigenvalue weighted by molar-refractivity contribution is 6.09. The predicted molar refractivity (Wildman–Crippen MR) is 165 cm³/mol. The average molecular weight is 523 g/mol. The van der Waals surface area contributed by atoms with Crippen molar-refractivity contribution in [1.82, 2.24) is 0 Å². The van der Waals surface area contributed by atoms with Crippen LogP contribution in [0, 0.1) is 6.92 Å². The fourth-order valence-electron chi connectivity index (χ4n) is 7.27. The van der Waals surface area contributed by atoms with Crippen molar-refractivity contribution in [2.45, 2.75) is 44.6 Å². The highest BCUT2D eigenvalue weighted by atomic mass is 16.5. The lowest BCUT2D eigenvalue weighted by atomic mass is 9.71. The number of ether oxygens (including phenoxy) is 2. The van der Waals surface area contributed by atoms with E-state index in [2.05, 4.69) is 130 Å². The summed E-state index contributed by atoms with van der Waals surface area (Å²) in [4.78, 5) is 0. The zero-order chi connectivity index (χ0) is 27.5. The van der Waals surface area contributed by atoms with Crippen LogP contribution in [0.1, 0.15) is 60.1 Å². The summed E-state index contributed by atoms with van der Waals surface area (Å²) in [6.45, 7) is 6.87. The van der Waals surface area contributed by atoms with Gasteiger partial charge in [-0.15, -0.1) is 0 Å². The van der Waals surface area contributed by atoms with Crippen LogP contribution >= 0.6 is 0 Å². The molecule has 0 aromatic heterocycles. The maximum Gasteiger partial charge on any atom is 0.178 e. The van der Waals surface area contributed by atoms with Gasteiger partial charge in [0.1, 0.15) is 11.5 Å². The van der Waals surface area contributed by atoms with Gasteiger partial charge in [-0.1, -0.05) is 104 Å². The van der Waals surface area contributed by atoms with Gasteiger partial charge < -0.3 is 9.47 Å². The SMILES string of the molecule is CCC1(CC)c2cc(C)ccc2-c2c1c1c(c3cc(OC)ccc23)OC(c2ccccc2)(c2ccccc2)C=C1. The second-order valence-electron chi connectivity index (χ2n) is 11.1. The van der Waals surface area contributed by atoms with E-state index in [0.717, 1.165) is 40.9 Å². The van der Waals surface area contributed by atoms with Crippen molar-refractivity contribution in [3.8, 4) is 22.6 Å². The van der Waals surface area contributed by atoms with E-state index in [1.165, 1.54) is 38.8 Å². The molecular formula is C38H34O2. The first kappa shape index (κ1) is 24.7. The molecule has 5 aromatic carbocycles. The molecule has 0 radical (unpaired) electrons. The Hall–Kier alpha value is -4.30. The second-order valence-corrected chi connectivity index (χ2v) is 11.1. The van der Waals surface area contributed by atoms with Crippen LogP contribution in [-0.4, -0.2) is 7.11 Å². The summed E-state index contributed by atoms with van der Waals surface area (Å²) in [5.41, 5.74) is 9.41. The second kappa shape index (κ2) is 9.13. The zero-order valence-corrected chi connectivity index (χ0v) is 23.6.